The van der Waals surface area contributed by atoms with Gasteiger partial charge in [-0.1, -0.05) is 0 Å². The molecular formula is C7H17ClN2. The lowest BCUT2D eigenvalue weighted by atomic mass is 10.3. The van der Waals surface area contributed by atoms with Gasteiger partial charge < -0.3 is 9.80 Å². The van der Waals surface area contributed by atoms with Gasteiger partial charge >= 0.3 is 0 Å². The van der Waals surface area contributed by atoms with E-state index in [-0.39, 0.29) is 0 Å². The van der Waals surface area contributed by atoms with Crippen molar-refractivity contribution < 1.29 is 0 Å². The van der Waals surface area contributed by atoms with Crippen molar-refractivity contribution in [2.24, 2.45) is 0 Å². The molecule has 0 aromatic carbocycles. The van der Waals surface area contributed by atoms with Crippen LogP contribution in [0.2, 0.25) is 0 Å². The van der Waals surface area contributed by atoms with E-state index < -0.39 is 0 Å². The van der Waals surface area contributed by atoms with E-state index in [1.807, 2.05) is 0 Å². The topological polar surface area (TPSA) is 6.48 Å². The number of nitrogens with zero attached hydrogens (tertiary/aromatic N) is 2. The van der Waals surface area contributed by atoms with Gasteiger partial charge in [0.1, 0.15) is 0 Å². The Morgan fingerprint density at radius 2 is 1.70 bits per heavy atom. The van der Waals surface area contributed by atoms with Crippen LogP contribution in [0.1, 0.15) is 0 Å². The van der Waals surface area contributed by atoms with Gasteiger partial charge in [-0.3, -0.25) is 0 Å². The molecule has 0 saturated carbocycles. The summed E-state index contributed by atoms with van der Waals surface area (Å²) in [7, 11) is 8.22. The van der Waals surface area contributed by atoms with Gasteiger partial charge in [0, 0.05) is 18.5 Å². The lowest BCUT2D eigenvalue weighted by molar-refractivity contribution is 0.247. The van der Waals surface area contributed by atoms with Gasteiger partial charge in [0.05, 0.1) is 0 Å². The van der Waals surface area contributed by atoms with E-state index in [0.717, 1.165) is 6.54 Å². The van der Waals surface area contributed by atoms with Gasteiger partial charge in [0.15, 0.2) is 0 Å². The number of likely N-dealkylation sites (N-methyl/N-ethyl adjacent to an activating group) is 2. The fraction of sp³-hybridized carbons (Fsp3) is 1.00. The van der Waals surface area contributed by atoms with Crippen LogP contribution in [-0.2, 0) is 0 Å². The highest BCUT2D eigenvalue weighted by atomic mass is 35.5. The Kier molecular flexibility index (Phi) is 5.04. The van der Waals surface area contributed by atoms with Gasteiger partial charge in [0.25, 0.3) is 0 Å². The third kappa shape index (κ3) is 4.09. The summed E-state index contributed by atoms with van der Waals surface area (Å²) in [6.07, 6.45) is 0. The smallest absolute Gasteiger partial charge is 0.0391 e. The van der Waals surface area contributed by atoms with Crippen molar-refractivity contribution in [2.75, 3.05) is 40.6 Å². The van der Waals surface area contributed by atoms with E-state index in [1.165, 1.54) is 0 Å². The molecule has 0 aliphatic rings. The third-order valence-electron chi connectivity index (χ3n) is 1.48. The Labute approximate surface area is 68.8 Å². The molecule has 0 fully saturated rings. The number of alkyl halides is 1. The first-order chi connectivity index (χ1) is 4.57. The molecule has 0 aliphatic heterocycles. The van der Waals surface area contributed by atoms with Gasteiger partial charge in [-0.2, -0.15) is 0 Å². The van der Waals surface area contributed by atoms with Crippen LogP contribution in [0.15, 0.2) is 0 Å². The van der Waals surface area contributed by atoms with E-state index in [9.17, 15) is 0 Å². The molecule has 0 aliphatic carbocycles. The van der Waals surface area contributed by atoms with Gasteiger partial charge in [0.2, 0.25) is 0 Å². The fourth-order valence-electron chi connectivity index (χ4n) is 0.772. The Balaban J connectivity index is 3.60. The zero-order chi connectivity index (χ0) is 8.15. The first-order valence-electron chi connectivity index (χ1n) is 3.45. The predicted octanol–water partition coefficient (Wildman–Crippen LogP) is 0.717. The molecule has 10 heavy (non-hydrogen) atoms. The molecule has 0 spiro atoms. The highest BCUT2D eigenvalue weighted by Gasteiger charge is 2.09. The molecule has 0 amide bonds. The normalized spacial score (nSPS) is 14.7. The largest absolute Gasteiger partial charge is 0.308 e. The number of rotatable bonds is 4. The minimum absolute atomic E-state index is 0.469. The zero-order valence-corrected chi connectivity index (χ0v) is 8.02. The molecule has 3 heteroatoms. The van der Waals surface area contributed by atoms with E-state index in [4.69, 9.17) is 11.6 Å². The molecule has 0 aromatic heterocycles. The van der Waals surface area contributed by atoms with Crippen molar-refractivity contribution in [3.05, 3.63) is 0 Å². The Morgan fingerprint density at radius 3 is 1.80 bits per heavy atom. The van der Waals surface area contributed by atoms with E-state index in [1.54, 1.807) is 0 Å². The summed E-state index contributed by atoms with van der Waals surface area (Å²) in [6.45, 7) is 1.02. The van der Waals surface area contributed by atoms with E-state index in [2.05, 4.69) is 38.0 Å². The van der Waals surface area contributed by atoms with Crippen molar-refractivity contribution in [2.45, 2.75) is 6.04 Å². The SMILES string of the molecule is CN(C)CC(CCl)N(C)C. The lowest BCUT2D eigenvalue weighted by Crippen LogP contribution is -2.38. The first kappa shape index (κ1) is 10.2. The Hall–Kier alpha value is 0.210. The second-order valence-corrected chi connectivity index (χ2v) is 3.34. The summed E-state index contributed by atoms with van der Waals surface area (Å²) in [5, 5.41) is 0. The quantitative estimate of drug-likeness (QED) is 0.565. The van der Waals surface area contributed by atoms with Crippen LogP contribution in [0.3, 0.4) is 0 Å². The average Bonchev–Trinajstić information content (AvgIpc) is 1.81. The van der Waals surface area contributed by atoms with Crippen molar-refractivity contribution >= 4 is 11.6 Å². The van der Waals surface area contributed by atoms with E-state index >= 15 is 0 Å². The van der Waals surface area contributed by atoms with Crippen LogP contribution in [0.5, 0.6) is 0 Å². The highest BCUT2D eigenvalue weighted by molar-refractivity contribution is 6.18. The predicted molar refractivity (Wildman–Crippen MR) is 46.7 cm³/mol. The van der Waals surface area contributed by atoms with Gasteiger partial charge in [-0.15, -0.1) is 11.6 Å². The molecule has 2 nitrogen and oxygen atoms in total. The zero-order valence-electron chi connectivity index (χ0n) is 7.26. The molecule has 1 atom stereocenters. The summed E-state index contributed by atoms with van der Waals surface area (Å²) < 4.78 is 0. The van der Waals surface area contributed by atoms with Crippen molar-refractivity contribution in [3.8, 4) is 0 Å². The van der Waals surface area contributed by atoms with Crippen LogP contribution >= 0.6 is 11.6 Å². The summed E-state index contributed by atoms with van der Waals surface area (Å²) in [6, 6.07) is 0.469. The minimum atomic E-state index is 0.469. The van der Waals surface area contributed by atoms with E-state index in [0.29, 0.717) is 11.9 Å². The van der Waals surface area contributed by atoms with Crippen molar-refractivity contribution in [1.82, 2.24) is 9.80 Å². The second kappa shape index (κ2) is 4.94. The first-order valence-corrected chi connectivity index (χ1v) is 3.98. The lowest BCUT2D eigenvalue weighted by Gasteiger charge is -2.24. The Bertz CT molecular complexity index is 83.7. The summed E-state index contributed by atoms with van der Waals surface area (Å²) in [4.78, 5) is 4.29. The van der Waals surface area contributed by atoms with Crippen molar-refractivity contribution in [1.29, 1.82) is 0 Å². The summed E-state index contributed by atoms with van der Waals surface area (Å²) in [5.74, 6) is 0.700. The van der Waals surface area contributed by atoms with Crippen LogP contribution in [0.4, 0.5) is 0 Å². The molecule has 62 valence electrons. The Morgan fingerprint density at radius 1 is 1.20 bits per heavy atom. The maximum Gasteiger partial charge on any atom is 0.0391 e. The van der Waals surface area contributed by atoms with Crippen LogP contribution in [0, 0.1) is 0 Å². The molecule has 0 heterocycles. The summed E-state index contributed by atoms with van der Waals surface area (Å²) in [5.41, 5.74) is 0. The van der Waals surface area contributed by atoms with Crippen LogP contribution in [0.25, 0.3) is 0 Å². The second-order valence-electron chi connectivity index (χ2n) is 3.03. The minimum Gasteiger partial charge on any atom is -0.308 e. The van der Waals surface area contributed by atoms with Gasteiger partial charge in [-0.05, 0) is 28.2 Å². The third-order valence-corrected chi connectivity index (χ3v) is 1.84. The maximum atomic E-state index is 5.74. The fourth-order valence-corrected chi connectivity index (χ4v) is 1.15. The maximum absolute atomic E-state index is 5.74. The molecule has 0 radical (unpaired) electrons. The average molecular weight is 165 g/mol. The van der Waals surface area contributed by atoms with Crippen molar-refractivity contribution in [3.63, 3.8) is 0 Å². The number of hydrogen-bond acceptors (Lipinski definition) is 2. The molecule has 0 bridgehead atoms. The number of hydrogen-bond donors (Lipinski definition) is 0. The van der Waals surface area contributed by atoms with Crippen LogP contribution < -0.4 is 0 Å². The van der Waals surface area contributed by atoms with Crippen LogP contribution in [-0.4, -0.2) is 56.5 Å². The molecule has 0 rings (SSSR count). The molecule has 0 saturated heterocycles. The molecule has 0 aromatic rings. The molecular weight excluding hydrogens is 148 g/mol. The summed E-state index contributed by atoms with van der Waals surface area (Å²) >= 11 is 5.74. The number of halogens is 1. The highest BCUT2D eigenvalue weighted by Crippen LogP contribution is 1.97. The van der Waals surface area contributed by atoms with Gasteiger partial charge in [-0.25, -0.2) is 0 Å². The standard InChI is InChI=1S/C7H17ClN2/c1-9(2)6-7(5-8)10(3)4/h7H,5-6H2,1-4H3. The molecule has 1 unspecified atom stereocenters. The monoisotopic (exact) mass is 164 g/mol. The molecule has 0 N–H and O–H groups in total.